The Morgan fingerprint density at radius 3 is 2.75 bits per heavy atom. The van der Waals surface area contributed by atoms with E-state index in [2.05, 4.69) is 24.8 Å². The van der Waals surface area contributed by atoms with Gasteiger partial charge in [0.25, 0.3) is 0 Å². The van der Waals surface area contributed by atoms with E-state index in [4.69, 9.17) is 20.3 Å². The molecule has 4 unspecified atom stereocenters. The van der Waals surface area contributed by atoms with Crippen molar-refractivity contribution in [3.8, 4) is 0 Å². The van der Waals surface area contributed by atoms with Crippen LogP contribution in [0.5, 0.6) is 0 Å². The molecule has 1 fully saturated rings. The van der Waals surface area contributed by atoms with Crippen molar-refractivity contribution in [2.75, 3.05) is 25.0 Å². The Labute approximate surface area is 159 Å². The average Bonchev–Trinajstić information content (AvgIpc) is 3.19. The summed E-state index contributed by atoms with van der Waals surface area (Å²) in [6, 6.07) is 0. The molecule has 3 rings (SSSR count). The fourth-order valence-corrected chi connectivity index (χ4v) is 3.25. The van der Waals surface area contributed by atoms with E-state index < -0.39 is 39.0 Å². The second-order valence-electron chi connectivity index (χ2n) is 6.30. The fraction of sp³-hybridized carbons (Fsp3) is 0.643. The lowest BCUT2D eigenvalue weighted by molar-refractivity contribution is -0.0504. The number of aromatic nitrogens is 4. The second kappa shape index (κ2) is 8.76. The van der Waals surface area contributed by atoms with Gasteiger partial charge in [0.05, 0.1) is 12.9 Å². The summed E-state index contributed by atoms with van der Waals surface area (Å²) in [7, 11) is -4.73. The highest BCUT2D eigenvalue weighted by Crippen LogP contribution is 2.38. The monoisotopic (exact) mass is 418 g/mol. The van der Waals surface area contributed by atoms with E-state index in [0.717, 1.165) is 12.8 Å². The number of anilines is 1. The maximum Gasteiger partial charge on any atom is 0.469 e. The van der Waals surface area contributed by atoms with Gasteiger partial charge in [-0.3, -0.25) is 9.09 Å². The van der Waals surface area contributed by atoms with Crippen LogP contribution in [0.25, 0.3) is 11.2 Å². The summed E-state index contributed by atoms with van der Waals surface area (Å²) in [5.41, 5.74) is 6.29. The van der Waals surface area contributed by atoms with E-state index in [-0.39, 0.29) is 0 Å². The van der Waals surface area contributed by atoms with Gasteiger partial charge in [-0.15, -0.1) is 0 Å². The van der Waals surface area contributed by atoms with Gasteiger partial charge in [-0.25, -0.2) is 19.5 Å². The van der Waals surface area contributed by atoms with Crippen LogP contribution in [0.2, 0.25) is 0 Å². The molecule has 0 amide bonds. The largest absolute Gasteiger partial charge is 0.469 e. The first-order valence-corrected chi connectivity index (χ1v) is 10.2. The standard InChI is InChI=1S/C14H23N6O7P/c15-3-1-2-4-16-12-9-13(18-6-17-12)20(7-19-9)14-11(22)10(21)8(27-14)5-26-28(23,24)25/h6-8,10-11,14,21-22H,1-5,15H2,(H,16,17,18)(H2,23,24,25). The van der Waals surface area contributed by atoms with Gasteiger partial charge in [0.1, 0.15) is 24.6 Å². The van der Waals surface area contributed by atoms with Crippen molar-refractivity contribution in [1.82, 2.24) is 19.5 Å². The number of ether oxygens (including phenoxy) is 1. The zero-order chi connectivity index (χ0) is 20.3. The van der Waals surface area contributed by atoms with Crippen molar-refractivity contribution in [2.45, 2.75) is 37.4 Å². The lowest BCUT2D eigenvalue weighted by Gasteiger charge is -2.16. The molecule has 3 heterocycles. The number of phosphoric ester groups is 1. The number of phosphoric acid groups is 1. The number of hydrogen-bond donors (Lipinski definition) is 6. The first-order chi connectivity index (χ1) is 13.3. The number of imidazole rings is 1. The van der Waals surface area contributed by atoms with Crippen molar-refractivity contribution in [1.29, 1.82) is 0 Å². The predicted octanol–water partition coefficient (Wildman–Crippen LogP) is -1.29. The van der Waals surface area contributed by atoms with Crippen molar-refractivity contribution in [3.05, 3.63) is 12.7 Å². The van der Waals surface area contributed by atoms with Crippen LogP contribution < -0.4 is 11.1 Å². The maximum atomic E-state index is 10.9. The number of unbranched alkanes of at least 4 members (excludes halogenated alkanes) is 1. The Morgan fingerprint density at radius 2 is 2.04 bits per heavy atom. The van der Waals surface area contributed by atoms with Crippen molar-refractivity contribution >= 4 is 24.8 Å². The van der Waals surface area contributed by atoms with Crippen LogP contribution >= 0.6 is 7.82 Å². The van der Waals surface area contributed by atoms with Gasteiger partial charge in [0, 0.05) is 6.54 Å². The third kappa shape index (κ3) is 4.64. The molecule has 0 aromatic carbocycles. The predicted molar refractivity (Wildman–Crippen MR) is 96.0 cm³/mol. The summed E-state index contributed by atoms with van der Waals surface area (Å²) < 4.78 is 22.2. The Hall–Kier alpha value is -1.70. The Balaban J connectivity index is 1.77. The SMILES string of the molecule is NCCCCNc1ncnc2c1ncn2C1OC(COP(=O)(O)O)C(O)C1O. The zero-order valence-corrected chi connectivity index (χ0v) is 15.7. The number of nitrogens with one attached hydrogen (secondary N) is 1. The Morgan fingerprint density at radius 1 is 1.25 bits per heavy atom. The number of aliphatic hydroxyl groups is 2. The molecule has 13 nitrogen and oxygen atoms in total. The molecule has 1 aliphatic rings. The van der Waals surface area contributed by atoms with Crippen LogP contribution in [0.15, 0.2) is 12.7 Å². The molecule has 0 radical (unpaired) electrons. The normalized spacial score (nSPS) is 25.5. The molecule has 28 heavy (non-hydrogen) atoms. The van der Waals surface area contributed by atoms with Crippen LogP contribution in [-0.4, -0.2) is 77.5 Å². The molecule has 4 atom stereocenters. The van der Waals surface area contributed by atoms with E-state index in [1.165, 1.54) is 17.2 Å². The molecule has 156 valence electrons. The molecule has 14 heteroatoms. The zero-order valence-electron chi connectivity index (χ0n) is 14.8. The summed E-state index contributed by atoms with van der Waals surface area (Å²) in [6.45, 7) is 0.662. The van der Waals surface area contributed by atoms with Crippen LogP contribution in [0.3, 0.4) is 0 Å². The first kappa shape index (κ1) is 21.0. The number of fused-ring (bicyclic) bond motifs is 1. The molecular formula is C14H23N6O7P. The number of nitrogens with zero attached hydrogens (tertiary/aromatic N) is 4. The molecule has 2 aromatic rings. The number of aliphatic hydroxyl groups excluding tert-OH is 2. The number of hydrogen-bond acceptors (Lipinski definition) is 10. The highest BCUT2D eigenvalue weighted by atomic mass is 31.2. The molecule has 0 aliphatic carbocycles. The highest BCUT2D eigenvalue weighted by Gasteiger charge is 2.45. The van der Waals surface area contributed by atoms with Gasteiger partial charge in [-0.05, 0) is 19.4 Å². The topological polar surface area (TPSA) is 198 Å². The summed E-state index contributed by atoms with van der Waals surface area (Å²) in [6.07, 6.45) is -0.543. The van der Waals surface area contributed by atoms with Crippen LogP contribution in [0.1, 0.15) is 19.1 Å². The minimum Gasteiger partial charge on any atom is -0.387 e. The number of nitrogens with two attached hydrogens (primary N) is 1. The molecule has 2 aromatic heterocycles. The molecule has 1 saturated heterocycles. The molecule has 0 bridgehead atoms. The van der Waals surface area contributed by atoms with Crippen LogP contribution in [0.4, 0.5) is 5.82 Å². The summed E-state index contributed by atoms with van der Waals surface area (Å²) in [5.74, 6) is 0.509. The lowest BCUT2D eigenvalue weighted by Crippen LogP contribution is -2.33. The van der Waals surface area contributed by atoms with E-state index in [1.54, 1.807) is 0 Å². The number of rotatable bonds is 9. The first-order valence-electron chi connectivity index (χ1n) is 8.65. The molecule has 1 aliphatic heterocycles. The molecule has 0 spiro atoms. The third-order valence-electron chi connectivity index (χ3n) is 4.30. The van der Waals surface area contributed by atoms with Crippen molar-refractivity contribution in [3.63, 3.8) is 0 Å². The van der Waals surface area contributed by atoms with Gasteiger partial charge in [0.2, 0.25) is 0 Å². The summed E-state index contributed by atoms with van der Waals surface area (Å²) >= 11 is 0. The molecule has 7 N–H and O–H groups in total. The average molecular weight is 418 g/mol. The Bertz CT molecular complexity index is 845. The van der Waals surface area contributed by atoms with E-state index >= 15 is 0 Å². The van der Waals surface area contributed by atoms with Gasteiger partial charge in [0.15, 0.2) is 23.2 Å². The Kier molecular flexibility index (Phi) is 6.58. The lowest BCUT2D eigenvalue weighted by atomic mass is 10.1. The third-order valence-corrected chi connectivity index (χ3v) is 4.79. The highest BCUT2D eigenvalue weighted by molar-refractivity contribution is 7.46. The van der Waals surface area contributed by atoms with E-state index in [0.29, 0.717) is 30.1 Å². The van der Waals surface area contributed by atoms with Crippen molar-refractivity contribution in [2.24, 2.45) is 5.73 Å². The van der Waals surface area contributed by atoms with Gasteiger partial charge in [-0.2, -0.15) is 0 Å². The molecule has 0 saturated carbocycles. The van der Waals surface area contributed by atoms with Gasteiger partial charge in [-0.1, -0.05) is 0 Å². The van der Waals surface area contributed by atoms with E-state index in [1.807, 2.05) is 0 Å². The van der Waals surface area contributed by atoms with E-state index in [9.17, 15) is 14.8 Å². The summed E-state index contributed by atoms with van der Waals surface area (Å²) in [5, 5.41) is 23.6. The fourth-order valence-electron chi connectivity index (χ4n) is 2.91. The van der Waals surface area contributed by atoms with Crippen LogP contribution in [-0.2, 0) is 13.8 Å². The maximum absolute atomic E-state index is 10.9. The smallest absolute Gasteiger partial charge is 0.387 e. The summed E-state index contributed by atoms with van der Waals surface area (Å²) in [4.78, 5) is 30.2. The van der Waals surface area contributed by atoms with Gasteiger partial charge >= 0.3 is 7.82 Å². The van der Waals surface area contributed by atoms with Crippen LogP contribution in [0, 0.1) is 0 Å². The quantitative estimate of drug-likeness (QED) is 0.208. The minimum atomic E-state index is -4.73. The van der Waals surface area contributed by atoms with Gasteiger partial charge < -0.3 is 35.8 Å². The minimum absolute atomic E-state index is 0.365. The second-order valence-corrected chi connectivity index (χ2v) is 7.54. The van der Waals surface area contributed by atoms with Crippen molar-refractivity contribution < 1.29 is 33.8 Å². The molecular weight excluding hydrogens is 395 g/mol.